The molecule has 0 bridgehead atoms. The third-order valence-electron chi connectivity index (χ3n) is 4.33. The van der Waals surface area contributed by atoms with Gasteiger partial charge in [-0.3, -0.25) is 9.59 Å². The molecule has 1 aliphatic rings. The molecule has 0 radical (unpaired) electrons. The molecule has 1 aliphatic heterocycles. The minimum Gasteiger partial charge on any atom is -0.496 e. The number of anilines is 1. The molecule has 1 heterocycles. The summed E-state index contributed by atoms with van der Waals surface area (Å²) in [6.07, 6.45) is 0.183. The second-order valence-electron chi connectivity index (χ2n) is 6.11. The lowest BCUT2D eigenvalue weighted by Gasteiger charge is -2.18. The molecule has 3 rings (SSSR count). The summed E-state index contributed by atoms with van der Waals surface area (Å²) < 4.78 is 5.32. The van der Waals surface area contributed by atoms with E-state index in [1.165, 1.54) is 0 Å². The molecule has 2 aromatic rings. The lowest BCUT2D eigenvalue weighted by molar-refractivity contribution is -0.128. The highest BCUT2D eigenvalue weighted by Gasteiger charge is 2.34. The van der Waals surface area contributed by atoms with E-state index in [1.54, 1.807) is 30.2 Å². The first-order valence-electron chi connectivity index (χ1n) is 8.13. The largest absolute Gasteiger partial charge is 0.496 e. The Kier molecular flexibility index (Phi) is 5.69. The average molecular weight is 393 g/mol. The van der Waals surface area contributed by atoms with Gasteiger partial charge in [0, 0.05) is 30.8 Å². The number of para-hydroxylation sites is 1. The van der Waals surface area contributed by atoms with Gasteiger partial charge in [-0.05, 0) is 24.3 Å². The maximum atomic E-state index is 12.5. The molecule has 7 heteroatoms. The highest BCUT2D eigenvalue weighted by molar-refractivity contribution is 6.42. The minimum absolute atomic E-state index is 0.0507. The van der Waals surface area contributed by atoms with E-state index >= 15 is 0 Å². The molecular formula is C19H18Cl2N2O3. The minimum atomic E-state index is -0.410. The van der Waals surface area contributed by atoms with Crippen molar-refractivity contribution in [3.8, 4) is 5.75 Å². The van der Waals surface area contributed by atoms with Crippen molar-refractivity contribution in [2.24, 2.45) is 5.92 Å². The third-order valence-corrected chi connectivity index (χ3v) is 5.07. The van der Waals surface area contributed by atoms with Crippen molar-refractivity contribution < 1.29 is 14.3 Å². The first kappa shape index (κ1) is 18.5. The van der Waals surface area contributed by atoms with Crippen LogP contribution in [0.15, 0.2) is 42.5 Å². The number of amides is 2. The molecule has 0 aromatic heterocycles. The van der Waals surface area contributed by atoms with Crippen LogP contribution in [0.5, 0.6) is 5.75 Å². The summed E-state index contributed by atoms with van der Waals surface area (Å²) >= 11 is 11.8. The standard InChI is InChI=1S/C19H18Cl2N2O3/c1-26-17-5-3-2-4-12(17)10-23-11-13(8-18(23)24)19(25)22-14-6-7-15(20)16(21)9-14/h2-7,9,13H,8,10-11H2,1H3,(H,22,25). The van der Waals surface area contributed by atoms with E-state index in [-0.39, 0.29) is 18.2 Å². The van der Waals surface area contributed by atoms with Gasteiger partial charge in [-0.15, -0.1) is 0 Å². The van der Waals surface area contributed by atoms with Crippen LogP contribution in [0.25, 0.3) is 0 Å². The molecule has 1 atom stereocenters. The predicted molar refractivity (Wildman–Crippen MR) is 102 cm³/mol. The van der Waals surface area contributed by atoms with E-state index in [1.807, 2.05) is 24.3 Å². The van der Waals surface area contributed by atoms with Crippen LogP contribution >= 0.6 is 23.2 Å². The summed E-state index contributed by atoms with van der Waals surface area (Å²) in [5.41, 5.74) is 1.47. The maximum absolute atomic E-state index is 12.5. The van der Waals surface area contributed by atoms with Gasteiger partial charge in [0.15, 0.2) is 0 Å². The van der Waals surface area contributed by atoms with Crippen LogP contribution < -0.4 is 10.1 Å². The molecule has 2 aromatic carbocycles. The monoisotopic (exact) mass is 392 g/mol. The summed E-state index contributed by atoms with van der Waals surface area (Å²) in [7, 11) is 1.60. The first-order valence-corrected chi connectivity index (χ1v) is 8.89. The van der Waals surface area contributed by atoms with Gasteiger partial charge in [0.25, 0.3) is 0 Å². The number of hydrogen-bond donors (Lipinski definition) is 1. The lowest BCUT2D eigenvalue weighted by Crippen LogP contribution is -2.28. The van der Waals surface area contributed by atoms with Gasteiger partial charge in [-0.2, -0.15) is 0 Å². The van der Waals surface area contributed by atoms with Crippen LogP contribution in [0.1, 0.15) is 12.0 Å². The van der Waals surface area contributed by atoms with Crippen LogP contribution in [0, 0.1) is 5.92 Å². The Labute approximate surface area is 161 Å². The van der Waals surface area contributed by atoms with E-state index in [9.17, 15) is 9.59 Å². The predicted octanol–water partition coefficient (Wildman–Crippen LogP) is 3.99. The fourth-order valence-electron chi connectivity index (χ4n) is 2.96. The zero-order valence-corrected chi connectivity index (χ0v) is 15.7. The average Bonchev–Trinajstić information content (AvgIpc) is 2.99. The number of carbonyl (C=O) groups excluding carboxylic acids is 2. The number of benzene rings is 2. The fraction of sp³-hybridized carbons (Fsp3) is 0.263. The number of nitrogens with one attached hydrogen (secondary N) is 1. The molecule has 1 N–H and O–H groups in total. The lowest BCUT2D eigenvalue weighted by atomic mass is 10.1. The number of hydrogen-bond acceptors (Lipinski definition) is 3. The van der Waals surface area contributed by atoms with E-state index in [2.05, 4.69) is 5.32 Å². The van der Waals surface area contributed by atoms with Crippen LogP contribution in [0.2, 0.25) is 10.0 Å². The summed E-state index contributed by atoms with van der Waals surface area (Å²) in [5, 5.41) is 3.58. The van der Waals surface area contributed by atoms with Gasteiger partial charge in [0.2, 0.25) is 11.8 Å². The number of likely N-dealkylation sites (tertiary alicyclic amines) is 1. The number of nitrogens with zero attached hydrogens (tertiary/aromatic N) is 1. The second kappa shape index (κ2) is 7.98. The molecule has 0 saturated carbocycles. The van der Waals surface area contributed by atoms with Crippen molar-refractivity contribution in [1.82, 2.24) is 4.90 Å². The number of ether oxygens (including phenoxy) is 1. The van der Waals surface area contributed by atoms with Gasteiger partial charge in [-0.25, -0.2) is 0 Å². The van der Waals surface area contributed by atoms with Gasteiger partial charge >= 0.3 is 0 Å². The molecule has 1 unspecified atom stereocenters. The molecule has 0 spiro atoms. The van der Waals surface area contributed by atoms with Gasteiger partial charge in [0.1, 0.15) is 5.75 Å². The van der Waals surface area contributed by atoms with E-state index < -0.39 is 5.92 Å². The Morgan fingerprint density at radius 2 is 2.00 bits per heavy atom. The number of halogens is 2. The summed E-state index contributed by atoms with van der Waals surface area (Å²) in [6.45, 7) is 0.781. The Morgan fingerprint density at radius 1 is 1.23 bits per heavy atom. The van der Waals surface area contributed by atoms with Crippen molar-refractivity contribution in [2.45, 2.75) is 13.0 Å². The number of rotatable bonds is 5. The van der Waals surface area contributed by atoms with Crippen molar-refractivity contribution in [2.75, 3.05) is 19.0 Å². The van der Waals surface area contributed by atoms with Gasteiger partial charge in [0.05, 0.1) is 23.1 Å². The topological polar surface area (TPSA) is 58.6 Å². The Hall–Kier alpha value is -2.24. The number of carbonyl (C=O) groups is 2. The summed E-state index contributed by atoms with van der Waals surface area (Å²) in [6, 6.07) is 12.4. The van der Waals surface area contributed by atoms with Crippen LogP contribution in [-0.4, -0.2) is 30.4 Å². The molecular weight excluding hydrogens is 375 g/mol. The molecule has 5 nitrogen and oxygen atoms in total. The quantitative estimate of drug-likeness (QED) is 0.836. The molecule has 1 fully saturated rings. The second-order valence-corrected chi connectivity index (χ2v) is 6.92. The third kappa shape index (κ3) is 4.11. The molecule has 136 valence electrons. The van der Waals surface area contributed by atoms with Crippen LogP contribution in [0.4, 0.5) is 5.69 Å². The summed E-state index contributed by atoms with van der Waals surface area (Å²) in [5.74, 6) is 0.0557. The number of methoxy groups -OCH3 is 1. The SMILES string of the molecule is COc1ccccc1CN1CC(C(=O)Nc2ccc(Cl)c(Cl)c2)CC1=O. The van der Waals surface area contributed by atoms with Crippen molar-refractivity contribution in [3.63, 3.8) is 0 Å². The zero-order chi connectivity index (χ0) is 18.7. The normalized spacial score (nSPS) is 16.7. The highest BCUT2D eigenvalue weighted by Crippen LogP contribution is 2.28. The molecule has 26 heavy (non-hydrogen) atoms. The molecule has 0 aliphatic carbocycles. The smallest absolute Gasteiger partial charge is 0.229 e. The van der Waals surface area contributed by atoms with Crippen LogP contribution in [0.3, 0.4) is 0 Å². The summed E-state index contributed by atoms with van der Waals surface area (Å²) in [4.78, 5) is 26.5. The maximum Gasteiger partial charge on any atom is 0.229 e. The van der Waals surface area contributed by atoms with E-state index in [4.69, 9.17) is 27.9 Å². The Morgan fingerprint density at radius 3 is 2.73 bits per heavy atom. The Bertz CT molecular complexity index is 841. The van der Waals surface area contributed by atoms with E-state index in [0.717, 1.165) is 11.3 Å². The van der Waals surface area contributed by atoms with E-state index in [0.29, 0.717) is 28.8 Å². The van der Waals surface area contributed by atoms with Crippen molar-refractivity contribution in [1.29, 1.82) is 0 Å². The first-order chi connectivity index (χ1) is 12.5. The zero-order valence-electron chi connectivity index (χ0n) is 14.2. The fourth-order valence-corrected chi connectivity index (χ4v) is 3.26. The highest BCUT2D eigenvalue weighted by atomic mass is 35.5. The van der Waals surface area contributed by atoms with Crippen molar-refractivity contribution >= 4 is 40.7 Å². The molecule has 2 amide bonds. The Balaban J connectivity index is 1.65. The van der Waals surface area contributed by atoms with Crippen LogP contribution in [-0.2, 0) is 16.1 Å². The van der Waals surface area contributed by atoms with Gasteiger partial charge < -0.3 is 15.0 Å². The van der Waals surface area contributed by atoms with Gasteiger partial charge in [-0.1, -0.05) is 41.4 Å². The van der Waals surface area contributed by atoms with Crippen molar-refractivity contribution in [3.05, 3.63) is 58.1 Å². The molecule has 1 saturated heterocycles.